The number of carbonyl (C=O) groups is 2. The Kier molecular flexibility index (Phi) is 4.73. The standard InChI is InChI=1S/C11H19NO4/c1-7(13)15-5-9-3-10(11(12)4-9)6-16-8(2)14/h9-11H,3-6,12H2,1-2H3/t9-,10+,11-/m1/s1. The minimum atomic E-state index is -0.282. The van der Waals surface area contributed by atoms with Gasteiger partial charge in [-0.15, -0.1) is 0 Å². The van der Waals surface area contributed by atoms with Crippen LogP contribution in [0, 0.1) is 11.8 Å². The van der Waals surface area contributed by atoms with Crippen LogP contribution in [0.5, 0.6) is 0 Å². The van der Waals surface area contributed by atoms with Crippen molar-refractivity contribution in [3.63, 3.8) is 0 Å². The number of hydrogen-bond acceptors (Lipinski definition) is 5. The van der Waals surface area contributed by atoms with E-state index in [1.807, 2.05) is 0 Å². The molecule has 3 atom stereocenters. The van der Waals surface area contributed by atoms with Gasteiger partial charge >= 0.3 is 11.9 Å². The van der Waals surface area contributed by atoms with Gasteiger partial charge in [0.2, 0.25) is 0 Å². The van der Waals surface area contributed by atoms with Crippen molar-refractivity contribution >= 4 is 11.9 Å². The highest BCUT2D eigenvalue weighted by atomic mass is 16.5. The summed E-state index contributed by atoms with van der Waals surface area (Å²) in [6.45, 7) is 3.56. The fourth-order valence-electron chi connectivity index (χ4n) is 2.06. The first-order valence-electron chi connectivity index (χ1n) is 5.51. The molecule has 16 heavy (non-hydrogen) atoms. The molecule has 1 rings (SSSR count). The fraction of sp³-hybridized carbons (Fsp3) is 0.818. The number of nitrogens with two attached hydrogens (primary N) is 1. The van der Waals surface area contributed by atoms with Crippen LogP contribution >= 0.6 is 0 Å². The third-order valence-electron chi connectivity index (χ3n) is 2.87. The van der Waals surface area contributed by atoms with Gasteiger partial charge in [-0.05, 0) is 18.8 Å². The number of hydrogen-bond donors (Lipinski definition) is 1. The van der Waals surface area contributed by atoms with Gasteiger partial charge in [0.25, 0.3) is 0 Å². The third-order valence-corrected chi connectivity index (χ3v) is 2.87. The van der Waals surface area contributed by atoms with Crippen LogP contribution in [0.3, 0.4) is 0 Å². The zero-order valence-electron chi connectivity index (χ0n) is 9.77. The van der Waals surface area contributed by atoms with Crippen LogP contribution in [-0.2, 0) is 19.1 Å². The van der Waals surface area contributed by atoms with Gasteiger partial charge in [-0.25, -0.2) is 0 Å². The maximum absolute atomic E-state index is 10.7. The van der Waals surface area contributed by atoms with Crippen LogP contribution in [0.25, 0.3) is 0 Å². The molecule has 0 heterocycles. The topological polar surface area (TPSA) is 78.6 Å². The van der Waals surface area contributed by atoms with Crippen molar-refractivity contribution in [2.75, 3.05) is 13.2 Å². The third kappa shape index (κ3) is 4.18. The average molecular weight is 229 g/mol. The van der Waals surface area contributed by atoms with E-state index in [2.05, 4.69) is 0 Å². The molecule has 5 nitrogen and oxygen atoms in total. The number of ether oxygens (including phenoxy) is 2. The van der Waals surface area contributed by atoms with E-state index in [9.17, 15) is 9.59 Å². The van der Waals surface area contributed by atoms with Gasteiger partial charge in [0.1, 0.15) is 0 Å². The Bertz CT molecular complexity index is 267. The lowest BCUT2D eigenvalue weighted by atomic mass is 10.1. The average Bonchev–Trinajstić information content (AvgIpc) is 2.53. The van der Waals surface area contributed by atoms with Gasteiger partial charge in [0, 0.05) is 25.8 Å². The van der Waals surface area contributed by atoms with Gasteiger partial charge in [0.05, 0.1) is 13.2 Å². The predicted octanol–water partition coefficient (Wildman–Crippen LogP) is 0.466. The van der Waals surface area contributed by atoms with Gasteiger partial charge in [-0.2, -0.15) is 0 Å². The van der Waals surface area contributed by atoms with E-state index in [1.165, 1.54) is 13.8 Å². The Labute approximate surface area is 95.3 Å². The van der Waals surface area contributed by atoms with Crippen LogP contribution in [0.1, 0.15) is 26.7 Å². The Balaban J connectivity index is 2.29. The summed E-state index contributed by atoms with van der Waals surface area (Å²) < 4.78 is 9.89. The van der Waals surface area contributed by atoms with E-state index in [4.69, 9.17) is 15.2 Å². The van der Waals surface area contributed by atoms with Crippen molar-refractivity contribution in [1.29, 1.82) is 0 Å². The largest absolute Gasteiger partial charge is 0.466 e. The summed E-state index contributed by atoms with van der Waals surface area (Å²) in [5.74, 6) is -0.0726. The summed E-state index contributed by atoms with van der Waals surface area (Å²) in [6, 6.07) is 0.0277. The number of carbonyl (C=O) groups excluding carboxylic acids is 2. The zero-order chi connectivity index (χ0) is 12.1. The van der Waals surface area contributed by atoms with Crippen molar-refractivity contribution in [1.82, 2.24) is 0 Å². The molecule has 1 saturated carbocycles. The molecule has 0 saturated heterocycles. The number of esters is 2. The van der Waals surface area contributed by atoms with Crippen LogP contribution in [0.4, 0.5) is 0 Å². The number of rotatable bonds is 4. The molecule has 1 aliphatic rings. The lowest BCUT2D eigenvalue weighted by Crippen LogP contribution is -2.28. The second-order valence-electron chi connectivity index (χ2n) is 4.37. The van der Waals surface area contributed by atoms with Crippen LogP contribution in [0.15, 0.2) is 0 Å². The predicted molar refractivity (Wildman–Crippen MR) is 57.5 cm³/mol. The molecule has 0 radical (unpaired) electrons. The molecule has 0 aromatic rings. The monoisotopic (exact) mass is 229 g/mol. The molecule has 0 aromatic heterocycles. The highest BCUT2D eigenvalue weighted by molar-refractivity contribution is 5.66. The van der Waals surface area contributed by atoms with Crippen molar-refractivity contribution in [2.45, 2.75) is 32.7 Å². The lowest BCUT2D eigenvalue weighted by molar-refractivity contribution is -0.142. The van der Waals surface area contributed by atoms with E-state index >= 15 is 0 Å². The van der Waals surface area contributed by atoms with Crippen LogP contribution in [0.2, 0.25) is 0 Å². The molecule has 0 spiro atoms. The minimum absolute atomic E-state index is 0.0277. The molecule has 1 aliphatic carbocycles. The second-order valence-corrected chi connectivity index (χ2v) is 4.37. The maximum atomic E-state index is 10.7. The molecule has 0 aromatic carbocycles. The smallest absolute Gasteiger partial charge is 0.302 e. The van der Waals surface area contributed by atoms with E-state index in [-0.39, 0.29) is 23.9 Å². The minimum Gasteiger partial charge on any atom is -0.466 e. The summed E-state index contributed by atoms with van der Waals surface area (Å²) in [5.41, 5.74) is 5.93. The van der Waals surface area contributed by atoms with E-state index in [1.54, 1.807) is 0 Å². The summed E-state index contributed by atoms with van der Waals surface area (Å²) in [4.78, 5) is 21.3. The Morgan fingerprint density at radius 1 is 1.12 bits per heavy atom. The van der Waals surface area contributed by atoms with Gasteiger partial charge in [0.15, 0.2) is 0 Å². The first kappa shape index (κ1) is 13.0. The first-order valence-corrected chi connectivity index (χ1v) is 5.51. The molecule has 0 aliphatic heterocycles. The quantitative estimate of drug-likeness (QED) is 0.709. The molecule has 0 bridgehead atoms. The molecule has 0 amide bonds. The molecular formula is C11H19NO4. The highest BCUT2D eigenvalue weighted by Gasteiger charge is 2.32. The molecule has 0 unspecified atom stereocenters. The van der Waals surface area contributed by atoms with E-state index in [0.717, 1.165) is 12.8 Å². The molecule has 1 fully saturated rings. The summed E-state index contributed by atoms with van der Waals surface area (Å²) in [6.07, 6.45) is 1.67. The Morgan fingerprint density at radius 3 is 2.25 bits per heavy atom. The Morgan fingerprint density at radius 2 is 1.69 bits per heavy atom. The van der Waals surface area contributed by atoms with Gasteiger partial charge in [-0.3, -0.25) is 9.59 Å². The highest BCUT2D eigenvalue weighted by Crippen LogP contribution is 2.30. The van der Waals surface area contributed by atoms with Gasteiger partial charge in [-0.1, -0.05) is 0 Å². The first-order chi connectivity index (χ1) is 7.49. The van der Waals surface area contributed by atoms with Crippen molar-refractivity contribution < 1.29 is 19.1 Å². The van der Waals surface area contributed by atoms with Crippen molar-refractivity contribution in [2.24, 2.45) is 17.6 Å². The Hall–Kier alpha value is -1.10. The summed E-state index contributed by atoms with van der Waals surface area (Å²) in [5, 5.41) is 0. The fourth-order valence-corrected chi connectivity index (χ4v) is 2.06. The SMILES string of the molecule is CC(=O)OC[C@@H]1C[C@@H](COC(C)=O)[C@H](N)C1. The van der Waals surface area contributed by atoms with Crippen molar-refractivity contribution in [3.8, 4) is 0 Å². The van der Waals surface area contributed by atoms with E-state index < -0.39 is 0 Å². The molecule has 92 valence electrons. The maximum Gasteiger partial charge on any atom is 0.302 e. The van der Waals surface area contributed by atoms with E-state index in [0.29, 0.717) is 19.1 Å². The van der Waals surface area contributed by atoms with Crippen LogP contribution in [-0.4, -0.2) is 31.2 Å². The normalized spacial score (nSPS) is 28.8. The summed E-state index contributed by atoms with van der Waals surface area (Å²) in [7, 11) is 0. The second kappa shape index (κ2) is 5.84. The van der Waals surface area contributed by atoms with Crippen molar-refractivity contribution in [3.05, 3.63) is 0 Å². The zero-order valence-corrected chi connectivity index (χ0v) is 9.77. The van der Waals surface area contributed by atoms with Gasteiger partial charge < -0.3 is 15.2 Å². The van der Waals surface area contributed by atoms with Crippen LogP contribution < -0.4 is 5.73 Å². The molecular weight excluding hydrogens is 210 g/mol. The summed E-state index contributed by atoms with van der Waals surface area (Å²) >= 11 is 0. The molecule has 2 N–H and O–H groups in total. The molecule has 5 heteroatoms. The lowest BCUT2D eigenvalue weighted by Gasteiger charge is -2.14.